The molecule has 1 aliphatic rings. The van der Waals surface area contributed by atoms with Crippen LogP contribution < -0.4 is 5.32 Å². The lowest BCUT2D eigenvalue weighted by molar-refractivity contribution is -0.145. The first-order valence-electron chi connectivity index (χ1n) is 6.48. The van der Waals surface area contributed by atoms with E-state index in [4.69, 9.17) is 9.84 Å². The Labute approximate surface area is 127 Å². The maximum absolute atomic E-state index is 12.4. The van der Waals surface area contributed by atoms with Gasteiger partial charge in [-0.25, -0.2) is 4.79 Å². The molecule has 0 aliphatic carbocycles. The number of nitrogens with zero attached hydrogens (tertiary/aromatic N) is 1. The van der Waals surface area contributed by atoms with Gasteiger partial charge in [0.05, 0.1) is 18.9 Å². The highest BCUT2D eigenvalue weighted by molar-refractivity contribution is 7.99. The average molecular weight is 320 g/mol. The lowest BCUT2D eigenvalue weighted by Crippen LogP contribution is -2.56. The van der Waals surface area contributed by atoms with E-state index in [-0.39, 0.29) is 5.91 Å². The van der Waals surface area contributed by atoms with Crippen molar-refractivity contribution in [3.05, 3.63) is 0 Å². The van der Waals surface area contributed by atoms with Gasteiger partial charge in [-0.3, -0.25) is 14.9 Å². The van der Waals surface area contributed by atoms with Crippen molar-refractivity contribution in [3.8, 4) is 0 Å². The first kappa shape index (κ1) is 17.6. The molecule has 0 spiro atoms. The summed E-state index contributed by atoms with van der Waals surface area (Å²) in [7, 11) is 1.27. The summed E-state index contributed by atoms with van der Waals surface area (Å²) in [4.78, 5) is 35.8. The number of methoxy groups -OCH3 is 1. The third-order valence-electron chi connectivity index (χ3n) is 3.03. The summed E-state index contributed by atoms with van der Waals surface area (Å²) in [5.74, 6) is 0.335. The van der Waals surface area contributed by atoms with Crippen LogP contribution in [0.1, 0.15) is 13.8 Å². The topological polar surface area (TPSA) is 105 Å². The molecule has 0 bridgehead atoms. The minimum atomic E-state index is -1.41. The van der Waals surface area contributed by atoms with Gasteiger partial charge in [0.25, 0.3) is 0 Å². The average Bonchev–Trinajstić information content (AvgIpc) is 2.45. The third-order valence-corrected chi connectivity index (χ3v) is 4.02. The molecule has 21 heavy (non-hydrogen) atoms. The Morgan fingerprint density at radius 1 is 1.33 bits per heavy atom. The van der Waals surface area contributed by atoms with E-state index < -0.39 is 30.4 Å². The fourth-order valence-electron chi connectivity index (χ4n) is 1.99. The molecule has 2 unspecified atom stereocenters. The summed E-state index contributed by atoms with van der Waals surface area (Å²) < 4.78 is 9.31. The Hall–Kier alpha value is -1.48. The number of amides is 1. The summed E-state index contributed by atoms with van der Waals surface area (Å²) in [6.45, 7) is 3.61. The summed E-state index contributed by atoms with van der Waals surface area (Å²) in [5.41, 5.74) is 0. The summed E-state index contributed by atoms with van der Waals surface area (Å²) in [5, 5.41) is 11.5. The molecule has 0 radical (unpaired) electrons. The number of thioether (sulfide) groups is 1. The molecular formula is C12H20N2O6S. The van der Waals surface area contributed by atoms with E-state index >= 15 is 0 Å². The van der Waals surface area contributed by atoms with Crippen LogP contribution in [0.5, 0.6) is 0 Å². The number of carbonyl (C=O) groups excluding carboxylic acids is 2. The first-order valence-corrected chi connectivity index (χ1v) is 7.64. The molecule has 0 saturated carbocycles. The van der Waals surface area contributed by atoms with E-state index in [0.29, 0.717) is 18.1 Å². The Bertz CT molecular complexity index is 405. The van der Waals surface area contributed by atoms with Crippen molar-refractivity contribution in [1.29, 1.82) is 0 Å². The molecule has 1 fully saturated rings. The lowest BCUT2D eigenvalue weighted by Gasteiger charge is -2.35. The second kappa shape index (κ2) is 8.08. The van der Waals surface area contributed by atoms with Crippen molar-refractivity contribution in [2.24, 2.45) is 0 Å². The maximum Gasteiger partial charge on any atom is 0.507 e. The molecule has 0 aromatic rings. The number of ether oxygens (including phenoxy) is 2. The van der Waals surface area contributed by atoms with E-state index in [2.05, 4.69) is 10.1 Å². The number of hydrogen-bond donors (Lipinski definition) is 2. The number of carbonyl (C=O) groups is 3. The quantitative estimate of drug-likeness (QED) is 0.688. The van der Waals surface area contributed by atoms with Gasteiger partial charge in [0.15, 0.2) is 6.23 Å². The van der Waals surface area contributed by atoms with Crippen LogP contribution in [0.2, 0.25) is 0 Å². The monoisotopic (exact) mass is 320 g/mol. The van der Waals surface area contributed by atoms with E-state index in [1.54, 1.807) is 13.8 Å². The van der Waals surface area contributed by atoms with Gasteiger partial charge in [-0.2, -0.15) is 11.8 Å². The van der Waals surface area contributed by atoms with Crippen molar-refractivity contribution < 1.29 is 29.0 Å². The Morgan fingerprint density at radius 2 is 2.00 bits per heavy atom. The Balaban J connectivity index is 2.65. The largest absolute Gasteiger partial charge is 0.507 e. The van der Waals surface area contributed by atoms with Gasteiger partial charge in [-0.1, -0.05) is 0 Å². The van der Waals surface area contributed by atoms with E-state index in [1.807, 2.05) is 0 Å². The van der Waals surface area contributed by atoms with Crippen LogP contribution in [0.3, 0.4) is 0 Å². The molecule has 120 valence electrons. The van der Waals surface area contributed by atoms with Crippen LogP contribution in [0.25, 0.3) is 0 Å². The van der Waals surface area contributed by atoms with Gasteiger partial charge in [-0.05, 0) is 13.8 Å². The highest BCUT2D eigenvalue weighted by atomic mass is 32.2. The van der Waals surface area contributed by atoms with Crippen molar-refractivity contribution in [3.63, 3.8) is 0 Å². The van der Waals surface area contributed by atoms with Gasteiger partial charge < -0.3 is 19.5 Å². The molecule has 1 heterocycles. The van der Waals surface area contributed by atoms with Gasteiger partial charge in [0.2, 0.25) is 5.91 Å². The second-order valence-corrected chi connectivity index (χ2v) is 5.73. The third kappa shape index (κ3) is 5.09. The maximum atomic E-state index is 12.4. The van der Waals surface area contributed by atoms with Crippen molar-refractivity contribution >= 4 is 29.8 Å². The van der Waals surface area contributed by atoms with Gasteiger partial charge in [0, 0.05) is 12.3 Å². The minimum absolute atomic E-state index is 0.308. The van der Waals surface area contributed by atoms with Crippen LogP contribution in [0.15, 0.2) is 0 Å². The molecule has 3 atom stereocenters. The molecular weight excluding hydrogens is 300 g/mol. The molecule has 0 aromatic heterocycles. The molecule has 2 N–H and O–H groups in total. The lowest BCUT2D eigenvalue weighted by atomic mass is 10.2. The zero-order valence-electron chi connectivity index (χ0n) is 12.2. The smallest absolute Gasteiger partial charge is 0.468 e. The fraction of sp³-hybridized carbons (Fsp3) is 0.750. The van der Waals surface area contributed by atoms with Crippen molar-refractivity contribution in [2.45, 2.75) is 32.2 Å². The number of hydrogen-bond acceptors (Lipinski definition) is 7. The van der Waals surface area contributed by atoms with Crippen LogP contribution in [-0.4, -0.2) is 71.5 Å². The summed E-state index contributed by atoms with van der Waals surface area (Å²) in [6, 6.07) is -1.28. The van der Waals surface area contributed by atoms with Crippen LogP contribution in [0.4, 0.5) is 4.79 Å². The highest BCUT2D eigenvalue weighted by Crippen LogP contribution is 2.18. The number of esters is 1. The van der Waals surface area contributed by atoms with Gasteiger partial charge >= 0.3 is 12.1 Å². The molecule has 8 nitrogen and oxygen atoms in total. The summed E-state index contributed by atoms with van der Waals surface area (Å²) in [6.07, 6.45) is -2.21. The van der Waals surface area contributed by atoms with Crippen LogP contribution in [0, 0.1) is 0 Å². The van der Waals surface area contributed by atoms with E-state index in [0.717, 1.165) is 0 Å². The van der Waals surface area contributed by atoms with E-state index in [1.165, 1.54) is 23.8 Å². The Morgan fingerprint density at radius 3 is 2.57 bits per heavy atom. The predicted molar refractivity (Wildman–Crippen MR) is 76.0 cm³/mol. The zero-order valence-corrected chi connectivity index (χ0v) is 13.0. The fourth-order valence-corrected chi connectivity index (χ4v) is 2.93. The molecule has 1 rings (SSSR count). The van der Waals surface area contributed by atoms with Crippen molar-refractivity contribution in [1.82, 2.24) is 10.2 Å². The normalized spacial score (nSPS) is 21.3. The van der Waals surface area contributed by atoms with Crippen LogP contribution in [-0.2, 0) is 19.1 Å². The van der Waals surface area contributed by atoms with Crippen LogP contribution >= 0.6 is 11.8 Å². The molecule has 9 heteroatoms. The first-order chi connectivity index (χ1) is 9.86. The second-order valence-electron chi connectivity index (χ2n) is 4.58. The zero-order chi connectivity index (χ0) is 16.0. The molecule has 1 amide bonds. The SMILES string of the molecule is COC(=O)C(C)N[C@@H](C)C(=O)N1CCSCC1OC(=O)O. The number of nitrogens with one attached hydrogen (secondary N) is 1. The summed E-state index contributed by atoms with van der Waals surface area (Å²) >= 11 is 1.52. The highest BCUT2D eigenvalue weighted by Gasteiger charge is 2.33. The number of carboxylic acid groups (broad SMARTS) is 1. The predicted octanol–water partition coefficient (Wildman–Crippen LogP) is 0.122. The standard InChI is InChI=1S/C12H20N2O6S/c1-7(13-8(2)11(16)19-3)10(15)14-4-5-21-6-9(14)20-12(17)18/h7-9,13H,4-6H2,1-3H3,(H,17,18)/t7-,8?,9?/m0/s1. The molecule has 0 aromatic carbocycles. The van der Waals surface area contributed by atoms with Gasteiger partial charge in [-0.15, -0.1) is 0 Å². The molecule has 1 saturated heterocycles. The van der Waals surface area contributed by atoms with Crippen molar-refractivity contribution in [2.75, 3.05) is 25.2 Å². The number of rotatable bonds is 5. The molecule has 1 aliphatic heterocycles. The Kier molecular flexibility index (Phi) is 6.76. The van der Waals surface area contributed by atoms with E-state index in [9.17, 15) is 14.4 Å². The van der Waals surface area contributed by atoms with Gasteiger partial charge in [0.1, 0.15) is 6.04 Å². The minimum Gasteiger partial charge on any atom is -0.468 e.